The smallest absolute Gasteiger partial charge is 0.259 e. The molecule has 0 fully saturated rings. The van der Waals surface area contributed by atoms with Crippen LogP contribution >= 0.6 is 0 Å². The number of nitrogens with one attached hydrogen (secondary N) is 1. The highest BCUT2D eigenvalue weighted by Crippen LogP contribution is 2.23. The van der Waals surface area contributed by atoms with Crippen LogP contribution in [0.15, 0.2) is 42.5 Å². The number of carbonyl (C=O) groups is 1. The molecule has 2 aromatic carbocycles. The molecule has 0 saturated heterocycles. The van der Waals surface area contributed by atoms with E-state index >= 15 is 0 Å². The molecule has 0 unspecified atom stereocenters. The first-order chi connectivity index (χ1) is 10.6. The van der Waals surface area contributed by atoms with Gasteiger partial charge in [-0.25, -0.2) is 4.39 Å². The third-order valence-corrected chi connectivity index (χ3v) is 2.88. The number of aromatic hydroxyl groups is 1. The SMILES string of the molecule is COCCOc1ccc(NC(=O)c2ccccc2O)cc1F. The van der Waals surface area contributed by atoms with Crippen LogP contribution in [-0.4, -0.2) is 31.3 Å². The van der Waals surface area contributed by atoms with Crippen molar-refractivity contribution < 1.29 is 23.8 Å². The highest BCUT2D eigenvalue weighted by molar-refractivity contribution is 6.06. The molecule has 0 bridgehead atoms. The molecule has 0 aromatic heterocycles. The molecule has 0 saturated carbocycles. The summed E-state index contributed by atoms with van der Waals surface area (Å²) in [7, 11) is 1.53. The number of rotatable bonds is 6. The number of halogens is 1. The summed E-state index contributed by atoms with van der Waals surface area (Å²) in [4.78, 5) is 12.0. The molecule has 0 spiro atoms. The van der Waals surface area contributed by atoms with Gasteiger partial charge in [0.05, 0.1) is 12.2 Å². The van der Waals surface area contributed by atoms with Gasteiger partial charge in [0.2, 0.25) is 0 Å². The van der Waals surface area contributed by atoms with Crippen molar-refractivity contribution in [3.05, 3.63) is 53.8 Å². The maximum absolute atomic E-state index is 13.8. The van der Waals surface area contributed by atoms with Crippen LogP contribution in [0.5, 0.6) is 11.5 Å². The van der Waals surface area contributed by atoms with Gasteiger partial charge in [-0.1, -0.05) is 12.1 Å². The van der Waals surface area contributed by atoms with Gasteiger partial charge < -0.3 is 19.9 Å². The third-order valence-electron chi connectivity index (χ3n) is 2.88. The Kier molecular flexibility index (Phi) is 5.32. The third kappa shape index (κ3) is 3.95. The van der Waals surface area contributed by atoms with Gasteiger partial charge in [-0.3, -0.25) is 4.79 Å². The van der Waals surface area contributed by atoms with E-state index in [1.54, 1.807) is 12.1 Å². The maximum Gasteiger partial charge on any atom is 0.259 e. The van der Waals surface area contributed by atoms with E-state index < -0.39 is 11.7 Å². The average Bonchev–Trinajstić information content (AvgIpc) is 2.50. The zero-order chi connectivity index (χ0) is 15.9. The minimum Gasteiger partial charge on any atom is -0.507 e. The van der Waals surface area contributed by atoms with Crippen LogP contribution in [0.2, 0.25) is 0 Å². The summed E-state index contributed by atoms with van der Waals surface area (Å²) < 4.78 is 23.8. The second-order valence-electron chi connectivity index (χ2n) is 4.46. The summed E-state index contributed by atoms with van der Waals surface area (Å²) in [6, 6.07) is 10.2. The second kappa shape index (κ2) is 7.42. The Morgan fingerprint density at radius 2 is 2.00 bits per heavy atom. The standard InChI is InChI=1S/C16H16FNO4/c1-21-8-9-22-15-7-6-11(10-13(15)17)18-16(20)12-4-2-3-5-14(12)19/h2-7,10,19H,8-9H2,1H3,(H,18,20). The molecule has 116 valence electrons. The number of phenolic OH excluding ortho intramolecular Hbond substituents is 1. The van der Waals surface area contributed by atoms with E-state index in [4.69, 9.17) is 9.47 Å². The van der Waals surface area contributed by atoms with Crippen LogP contribution in [0.25, 0.3) is 0 Å². The lowest BCUT2D eigenvalue weighted by molar-refractivity contribution is 0.102. The summed E-state index contributed by atoms with van der Waals surface area (Å²) in [6.07, 6.45) is 0. The fourth-order valence-corrected chi connectivity index (χ4v) is 1.79. The van der Waals surface area contributed by atoms with E-state index in [1.807, 2.05) is 0 Å². The zero-order valence-corrected chi connectivity index (χ0v) is 12.0. The highest BCUT2D eigenvalue weighted by Gasteiger charge is 2.12. The van der Waals surface area contributed by atoms with Crippen LogP contribution in [0.1, 0.15) is 10.4 Å². The van der Waals surface area contributed by atoms with Gasteiger partial charge in [-0.15, -0.1) is 0 Å². The molecule has 0 aliphatic heterocycles. The maximum atomic E-state index is 13.8. The van der Waals surface area contributed by atoms with Crippen LogP contribution in [0.4, 0.5) is 10.1 Å². The van der Waals surface area contributed by atoms with Crippen molar-refractivity contribution in [2.75, 3.05) is 25.6 Å². The quantitative estimate of drug-likeness (QED) is 0.805. The van der Waals surface area contributed by atoms with Gasteiger partial charge >= 0.3 is 0 Å². The van der Waals surface area contributed by atoms with Crippen molar-refractivity contribution in [1.82, 2.24) is 0 Å². The number of amides is 1. The van der Waals surface area contributed by atoms with Gasteiger partial charge in [-0.05, 0) is 24.3 Å². The Labute approximate surface area is 127 Å². The second-order valence-corrected chi connectivity index (χ2v) is 4.46. The Morgan fingerprint density at radius 1 is 1.23 bits per heavy atom. The fourth-order valence-electron chi connectivity index (χ4n) is 1.79. The fraction of sp³-hybridized carbons (Fsp3) is 0.188. The summed E-state index contributed by atoms with van der Waals surface area (Å²) >= 11 is 0. The van der Waals surface area contributed by atoms with Gasteiger partial charge in [0.1, 0.15) is 12.4 Å². The number of carbonyl (C=O) groups excluding carboxylic acids is 1. The van der Waals surface area contributed by atoms with Crippen molar-refractivity contribution in [3.63, 3.8) is 0 Å². The normalized spacial score (nSPS) is 10.3. The van der Waals surface area contributed by atoms with E-state index in [1.165, 1.54) is 31.4 Å². The number of hydrogen-bond acceptors (Lipinski definition) is 4. The Hall–Kier alpha value is -2.60. The molecule has 0 heterocycles. The van der Waals surface area contributed by atoms with Gasteiger partial charge in [-0.2, -0.15) is 0 Å². The summed E-state index contributed by atoms with van der Waals surface area (Å²) in [5, 5.41) is 12.1. The monoisotopic (exact) mass is 305 g/mol. The summed E-state index contributed by atoms with van der Waals surface area (Å²) in [5.41, 5.74) is 0.383. The zero-order valence-electron chi connectivity index (χ0n) is 12.0. The first kappa shape index (κ1) is 15.8. The average molecular weight is 305 g/mol. The van der Waals surface area contributed by atoms with Gasteiger partial charge in [0, 0.05) is 18.9 Å². The topological polar surface area (TPSA) is 67.8 Å². The molecule has 0 atom stereocenters. The van der Waals surface area contributed by atoms with E-state index in [0.29, 0.717) is 6.61 Å². The molecule has 2 aromatic rings. The lowest BCUT2D eigenvalue weighted by Gasteiger charge is -2.10. The van der Waals surface area contributed by atoms with Crippen molar-refractivity contribution in [2.45, 2.75) is 0 Å². The minimum atomic E-state index is -0.591. The largest absolute Gasteiger partial charge is 0.507 e. The first-order valence-corrected chi connectivity index (χ1v) is 6.62. The number of para-hydroxylation sites is 1. The molecule has 1 amide bonds. The Balaban J connectivity index is 2.06. The molecule has 5 nitrogen and oxygen atoms in total. The number of ether oxygens (including phenoxy) is 2. The van der Waals surface area contributed by atoms with E-state index in [-0.39, 0.29) is 29.4 Å². The van der Waals surface area contributed by atoms with Gasteiger partial charge in [0.15, 0.2) is 11.6 Å². The van der Waals surface area contributed by atoms with Crippen molar-refractivity contribution in [1.29, 1.82) is 0 Å². The molecule has 22 heavy (non-hydrogen) atoms. The molecule has 0 aliphatic carbocycles. The van der Waals surface area contributed by atoms with Crippen molar-refractivity contribution in [2.24, 2.45) is 0 Å². The molecule has 6 heteroatoms. The Bertz CT molecular complexity index is 660. The predicted molar refractivity (Wildman–Crippen MR) is 79.8 cm³/mol. The predicted octanol–water partition coefficient (Wildman–Crippen LogP) is 2.81. The van der Waals surface area contributed by atoms with Gasteiger partial charge in [0.25, 0.3) is 5.91 Å². The van der Waals surface area contributed by atoms with Crippen molar-refractivity contribution >= 4 is 11.6 Å². The highest BCUT2D eigenvalue weighted by atomic mass is 19.1. The van der Waals surface area contributed by atoms with Crippen LogP contribution in [-0.2, 0) is 4.74 Å². The first-order valence-electron chi connectivity index (χ1n) is 6.62. The van der Waals surface area contributed by atoms with E-state index in [9.17, 15) is 14.3 Å². The van der Waals surface area contributed by atoms with Crippen LogP contribution in [0, 0.1) is 5.82 Å². The molecule has 2 rings (SSSR count). The summed E-state index contributed by atoms with van der Waals surface area (Å²) in [6.45, 7) is 0.586. The Morgan fingerprint density at radius 3 is 2.68 bits per heavy atom. The molecule has 0 aliphatic rings. The number of phenols is 1. The molecule has 2 N–H and O–H groups in total. The number of benzene rings is 2. The minimum absolute atomic E-state index is 0.0811. The molecule has 0 radical (unpaired) electrons. The van der Waals surface area contributed by atoms with E-state index in [2.05, 4.69) is 5.32 Å². The van der Waals surface area contributed by atoms with Crippen LogP contribution < -0.4 is 10.1 Å². The molecular formula is C16H16FNO4. The lowest BCUT2D eigenvalue weighted by Crippen LogP contribution is -2.12. The lowest BCUT2D eigenvalue weighted by atomic mass is 10.2. The number of methoxy groups -OCH3 is 1. The summed E-state index contributed by atoms with van der Waals surface area (Å²) in [5.74, 6) is -1.17. The van der Waals surface area contributed by atoms with Crippen molar-refractivity contribution in [3.8, 4) is 11.5 Å². The van der Waals surface area contributed by atoms with Crippen LogP contribution in [0.3, 0.4) is 0 Å². The van der Waals surface area contributed by atoms with E-state index in [0.717, 1.165) is 6.07 Å². The number of hydrogen-bond donors (Lipinski definition) is 2. The number of anilines is 1. The molecular weight excluding hydrogens is 289 g/mol.